The summed E-state index contributed by atoms with van der Waals surface area (Å²) in [5.41, 5.74) is 8.97. The summed E-state index contributed by atoms with van der Waals surface area (Å²) in [5.74, 6) is 0.538. The molecule has 0 unspecified atom stereocenters. The molecule has 0 spiro atoms. The van der Waals surface area contributed by atoms with E-state index in [1.807, 2.05) is 25.1 Å². The molecule has 26 heavy (non-hydrogen) atoms. The first kappa shape index (κ1) is 18.0. The smallest absolute Gasteiger partial charge is 0.252 e. The second kappa shape index (κ2) is 7.21. The SMILES string of the molecule is COc1cc2ncc(C(N)=O)c(Nc3ccc(Br)cc3C)c2cc1OC. The molecule has 0 saturated carbocycles. The van der Waals surface area contributed by atoms with Crippen molar-refractivity contribution >= 4 is 44.1 Å². The van der Waals surface area contributed by atoms with Gasteiger partial charge >= 0.3 is 0 Å². The molecule has 0 aliphatic heterocycles. The molecule has 7 heteroatoms. The van der Waals surface area contributed by atoms with Crippen LogP contribution in [0.25, 0.3) is 10.9 Å². The number of primary amides is 1. The highest BCUT2D eigenvalue weighted by molar-refractivity contribution is 9.10. The zero-order valence-electron chi connectivity index (χ0n) is 14.6. The van der Waals surface area contributed by atoms with E-state index < -0.39 is 5.91 Å². The Kier molecular flexibility index (Phi) is 4.99. The maximum Gasteiger partial charge on any atom is 0.252 e. The molecule has 0 radical (unpaired) electrons. The Morgan fingerprint density at radius 3 is 2.46 bits per heavy atom. The summed E-state index contributed by atoms with van der Waals surface area (Å²) in [6, 6.07) is 9.38. The minimum absolute atomic E-state index is 0.298. The van der Waals surface area contributed by atoms with Gasteiger partial charge in [-0.05, 0) is 36.8 Å². The van der Waals surface area contributed by atoms with Crippen molar-refractivity contribution in [1.29, 1.82) is 0 Å². The summed E-state index contributed by atoms with van der Waals surface area (Å²) in [6.07, 6.45) is 1.47. The monoisotopic (exact) mass is 415 g/mol. The fraction of sp³-hybridized carbons (Fsp3) is 0.158. The van der Waals surface area contributed by atoms with E-state index in [-0.39, 0.29) is 0 Å². The largest absolute Gasteiger partial charge is 0.493 e. The second-order valence-corrected chi connectivity index (χ2v) is 6.64. The van der Waals surface area contributed by atoms with Gasteiger partial charge in [-0.15, -0.1) is 0 Å². The Hall–Kier alpha value is -2.80. The van der Waals surface area contributed by atoms with E-state index in [0.29, 0.717) is 33.7 Å². The molecule has 1 amide bonds. The summed E-state index contributed by atoms with van der Waals surface area (Å²) in [6.45, 7) is 1.98. The molecule has 3 N–H and O–H groups in total. The van der Waals surface area contributed by atoms with E-state index in [9.17, 15) is 4.79 Å². The van der Waals surface area contributed by atoms with Crippen LogP contribution in [0.15, 0.2) is 41.0 Å². The lowest BCUT2D eigenvalue weighted by Gasteiger charge is -2.16. The van der Waals surface area contributed by atoms with Crippen molar-refractivity contribution in [2.45, 2.75) is 6.92 Å². The van der Waals surface area contributed by atoms with Gasteiger partial charge in [-0.1, -0.05) is 15.9 Å². The number of aryl methyl sites for hydroxylation is 1. The van der Waals surface area contributed by atoms with Crippen LogP contribution >= 0.6 is 15.9 Å². The number of hydrogen-bond donors (Lipinski definition) is 2. The number of halogens is 1. The van der Waals surface area contributed by atoms with Gasteiger partial charge in [0.25, 0.3) is 5.91 Å². The van der Waals surface area contributed by atoms with Crippen molar-refractivity contribution < 1.29 is 14.3 Å². The molecule has 3 rings (SSSR count). The summed E-state index contributed by atoms with van der Waals surface area (Å²) in [7, 11) is 3.12. The number of nitrogens with one attached hydrogen (secondary N) is 1. The van der Waals surface area contributed by atoms with Crippen molar-refractivity contribution in [2.24, 2.45) is 5.73 Å². The Labute approximate surface area is 159 Å². The van der Waals surface area contributed by atoms with Crippen molar-refractivity contribution in [2.75, 3.05) is 19.5 Å². The maximum absolute atomic E-state index is 12.0. The zero-order chi connectivity index (χ0) is 18.8. The van der Waals surface area contributed by atoms with Crippen molar-refractivity contribution in [3.8, 4) is 11.5 Å². The minimum atomic E-state index is -0.563. The van der Waals surface area contributed by atoms with Crippen LogP contribution in [0.4, 0.5) is 11.4 Å². The lowest BCUT2D eigenvalue weighted by atomic mass is 10.1. The first-order valence-electron chi connectivity index (χ1n) is 7.82. The standard InChI is InChI=1S/C19H18BrN3O3/c1-10-6-11(20)4-5-14(10)23-18-12-7-16(25-2)17(26-3)8-15(12)22-9-13(18)19(21)24/h4-9H,1-3H3,(H2,21,24)(H,22,23). The van der Waals surface area contributed by atoms with Crippen LogP contribution in [0.1, 0.15) is 15.9 Å². The van der Waals surface area contributed by atoms with Crippen LogP contribution in [-0.4, -0.2) is 25.1 Å². The number of hydrogen-bond acceptors (Lipinski definition) is 5. The maximum atomic E-state index is 12.0. The fourth-order valence-corrected chi connectivity index (χ4v) is 3.22. The van der Waals surface area contributed by atoms with Gasteiger partial charge in [0.2, 0.25) is 0 Å². The van der Waals surface area contributed by atoms with E-state index >= 15 is 0 Å². The Morgan fingerprint density at radius 2 is 1.85 bits per heavy atom. The number of methoxy groups -OCH3 is 2. The predicted octanol–water partition coefficient (Wildman–Crippen LogP) is 4.17. The van der Waals surface area contributed by atoms with Crippen molar-refractivity contribution in [3.05, 3.63) is 52.1 Å². The van der Waals surface area contributed by atoms with Crippen molar-refractivity contribution in [1.82, 2.24) is 4.98 Å². The van der Waals surface area contributed by atoms with E-state index in [2.05, 4.69) is 26.2 Å². The molecule has 134 valence electrons. The predicted molar refractivity (Wildman–Crippen MR) is 106 cm³/mol. The van der Waals surface area contributed by atoms with Crippen LogP contribution in [0.3, 0.4) is 0 Å². The van der Waals surface area contributed by atoms with E-state index in [0.717, 1.165) is 15.7 Å². The van der Waals surface area contributed by atoms with Crippen molar-refractivity contribution in [3.63, 3.8) is 0 Å². The number of pyridine rings is 1. The number of carbonyl (C=O) groups excluding carboxylic acids is 1. The highest BCUT2D eigenvalue weighted by Gasteiger charge is 2.17. The fourth-order valence-electron chi connectivity index (χ4n) is 2.74. The van der Waals surface area contributed by atoms with E-state index in [4.69, 9.17) is 15.2 Å². The summed E-state index contributed by atoms with van der Waals surface area (Å²) < 4.78 is 11.7. The first-order valence-corrected chi connectivity index (χ1v) is 8.61. The van der Waals surface area contributed by atoms with Gasteiger partial charge in [-0.25, -0.2) is 0 Å². The molecule has 0 bridgehead atoms. The third kappa shape index (κ3) is 3.30. The Morgan fingerprint density at radius 1 is 1.15 bits per heavy atom. The molecule has 0 atom stereocenters. The van der Waals surface area contributed by atoms with Gasteiger partial charge in [-0.2, -0.15) is 0 Å². The van der Waals surface area contributed by atoms with Gasteiger partial charge in [0.15, 0.2) is 11.5 Å². The second-order valence-electron chi connectivity index (χ2n) is 5.72. The lowest BCUT2D eigenvalue weighted by Crippen LogP contribution is -2.14. The van der Waals surface area contributed by atoms with Crippen LogP contribution in [0, 0.1) is 6.92 Å². The van der Waals surface area contributed by atoms with Gasteiger partial charge < -0.3 is 20.5 Å². The van der Waals surface area contributed by atoms with Gasteiger partial charge in [0.05, 0.1) is 31.0 Å². The summed E-state index contributed by atoms with van der Waals surface area (Å²) in [4.78, 5) is 16.3. The third-order valence-electron chi connectivity index (χ3n) is 4.09. The molecule has 3 aromatic rings. The first-order chi connectivity index (χ1) is 12.4. The van der Waals surface area contributed by atoms with E-state index in [1.165, 1.54) is 6.20 Å². The van der Waals surface area contributed by atoms with Gasteiger partial charge in [0.1, 0.15) is 0 Å². The number of benzene rings is 2. The number of nitrogens with zero attached hydrogens (tertiary/aromatic N) is 1. The number of carbonyl (C=O) groups is 1. The number of nitrogens with two attached hydrogens (primary N) is 1. The van der Waals surface area contributed by atoms with Crippen LogP contribution in [0.2, 0.25) is 0 Å². The molecule has 1 heterocycles. The quantitative estimate of drug-likeness (QED) is 0.652. The average molecular weight is 416 g/mol. The molecule has 0 aliphatic carbocycles. The number of ether oxygens (including phenoxy) is 2. The van der Waals surface area contributed by atoms with Gasteiger partial charge in [0, 0.05) is 27.8 Å². The topological polar surface area (TPSA) is 86.5 Å². The molecular weight excluding hydrogens is 398 g/mol. The Balaban J connectivity index is 2.25. The molecular formula is C19H18BrN3O3. The normalized spacial score (nSPS) is 10.6. The minimum Gasteiger partial charge on any atom is -0.493 e. The molecule has 0 saturated heterocycles. The molecule has 2 aromatic carbocycles. The van der Waals surface area contributed by atoms with Crippen LogP contribution in [0.5, 0.6) is 11.5 Å². The molecule has 6 nitrogen and oxygen atoms in total. The number of rotatable bonds is 5. The van der Waals surface area contributed by atoms with Gasteiger partial charge in [-0.3, -0.25) is 9.78 Å². The summed E-state index contributed by atoms with van der Waals surface area (Å²) in [5, 5.41) is 4.03. The van der Waals surface area contributed by atoms with Crippen LogP contribution < -0.4 is 20.5 Å². The molecule has 0 aliphatic rings. The highest BCUT2D eigenvalue weighted by atomic mass is 79.9. The average Bonchev–Trinajstić information content (AvgIpc) is 2.62. The van der Waals surface area contributed by atoms with E-state index in [1.54, 1.807) is 26.4 Å². The number of anilines is 2. The number of aromatic nitrogens is 1. The zero-order valence-corrected chi connectivity index (χ0v) is 16.2. The molecule has 0 fully saturated rings. The van der Waals surface area contributed by atoms with Crippen LogP contribution in [-0.2, 0) is 0 Å². The number of fused-ring (bicyclic) bond motifs is 1. The number of amides is 1. The third-order valence-corrected chi connectivity index (χ3v) is 4.58. The highest BCUT2D eigenvalue weighted by Crippen LogP contribution is 2.37. The lowest BCUT2D eigenvalue weighted by molar-refractivity contribution is 0.100. The molecule has 1 aromatic heterocycles. The summed E-state index contributed by atoms with van der Waals surface area (Å²) >= 11 is 3.45. The Bertz CT molecular complexity index is 1000.